The molecule has 0 amide bonds. The minimum Gasteiger partial charge on any atom is -0.312 e. The molecule has 8 rings (SSSR count). The van der Waals surface area contributed by atoms with E-state index in [0.717, 1.165) is 34.9 Å². The highest BCUT2D eigenvalue weighted by Gasteiger charge is 2.38. The van der Waals surface area contributed by atoms with Gasteiger partial charge in [-0.2, -0.15) is 0 Å². The quantitative estimate of drug-likeness (QED) is 0.148. The number of benzene rings is 6. The van der Waals surface area contributed by atoms with Gasteiger partial charge in [-0.05, 0) is 151 Å². The average molecular weight is 942 g/mol. The molecule has 1 heterocycles. The van der Waals surface area contributed by atoms with E-state index in [1.165, 1.54) is 61.5 Å². The third-order valence-corrected chi connectivity index (χ3v) is 15.3. The average Bonchev–Trinajstić information content (AvgIpc) is 3.28. The van der Waals surface area contributed by atoms with Crippen molar-refractivity contribution < 1.29 is 0 Å². The van der Waals surface area contributed by atoms with Gasteiger partial charge in [-0.1, -0.05) is 210 Å². The predicted octanol–water partition coefficient (Wildman–Crippen LogP) is 18.3. The van der Waals surface area contributed by atoms with Crippen LogP contribution in [0.25, 0.3) is 0 Å². The second-order valence-electron chi connectivity index (χ2n) is 27.0. The summed E-state index contributed by atoms with van der Waals surface area (Å²) in [6.45, 7) is 44.3. The lowest BCUT2D eigenvalue weighted by Crippen LogP contribution is -2.50. The number of fused-ring (bicyclic) bond motifs is 2. The van der Waals surface area contributed by atoms with Crippen LogP contribution in [0.1, 0.15) is 159 Å². The van der Waals surface area contributed by atoms with Crippen molar-refractivity contribution in [1.29, 1.82) is 0 Å². The fourth-order valence-corrected chi connectivity index (χ4v) is 10.4. The normalized spacial score (nSPS) is 15.6. The summed E-state index contributed by atoms with van der Waals surface area (Å²) in [5.41, 5.74) is 19.9. The molecule has 4 heteroatoms. The van der Waals surface area contributed by atoms with Crippen molar-refractivity contribution in [3.8, 4) is 0 Å². The minimum absolute atomic E-state index is 0.0130. The molecule has 6 aromatic rings. The van der Waals surface area contributed by atoms with Gasteiger partial charge >= 0.3 is 0 Å². The fraction of sp³-hybridized carbons (Fsp3) is 0.403. The molecule has 6 aromatic carbocycles. The van der Waals surface area contributed by atoms with E-state index >= 15 is 0 Å². The monoisotopic (exact) mass is 942 g/mol. The van der Waals surface area contributed by atoms with Gasteiger partial charge in [0.05, 0.1) is 5.69 Å². The van der Waals surface area contributed by atoms with Crippen LogP contribution in [0.5, 0.6) is 0 Å². The molecule has 1 aliphatic heterocycles. The van der Waals surface area contributed by atoms with E-state index in [-0.39, 0.29) is 39.2 Å². The van der Waals surface area contributed by atoms with Gasteiger partial charge < -0.3 is 14.7 Å². The van der Waals surface area contributed by atoms with Crippen LogP contribution >= 0.6 is 0 Å². The van der Waals surface area contributed by atoms with Crippen molar-refractivity contribution in [1.82, 2.24) is 0 Å². The van der Waals surface area contributed by atoms with Crippen LogP contribution in [0, 0.1) is 11.3 Å². The highest BCUT2D eigenvalue weighted by Crippen LogP contribution is 2.48. The SMILES string of the molecule is CB1c2cc(C(C)(C)C)ccc2N(C2=CCC(C(C)(C)C)C=C2)c2cc(N(c3ccc(C(C)(C)C)cc3)c3ccc(C(C)(C)C)cc3)cc(N(c3ccc(C(C)(C)C)cc3)c3ccc(C(C)(C)C)cc3)c21. The molecule has 0 aromatic heterocycles. The second kappa shape index (κ2) is 18.4. The summed E-state index contributed by atoms with van der Waals surface area (Å²) in [5.74, 6) is 0.448. The smallest absolute Gasteiger partial charge is 0.214 e. The van der Waals surface area contributed by atoms with Gasteiger partial charge in [-0.15, -0.1) is 0 Å². The maximum atomic E-state index is 2.60. The van der Waals surface area contributed by atoms with Crippen LogP contribution in [0.3, 0.4) is 0 Å². The summed E-state index contributed by atoms with van der Waals surface area (Å²) in [5, 5.41) is 0. The zero-order valence-corrected chi connectivity index (χ0v) is 47.1. The summed E-state index contributed by atoms with van der Waals surface area (Å²) in [7, 11) is 0. The number of nitrogens with zero attached hydrogens (tertiary/aromatic N) is 3. The van der Waals surface area contributed by atoms with Crippen LogP contribution in [0.2, 0.25) is 6.82 Å². The Hall–Kier alpha value is -5.74. The van der Waals surface area contributed by atoms with Gasteiger partial charge in [0.25, 0.3) is 0 Å². The summed E-state index contributed by atoms with van der Waals surface area (Å²) in [4.78, 5) is 7.65. The van der Waals surface area contributed by atoms with E-state index in [0.29, 0.717) is 5.92 Å². The summed E-state index contributed by atoms with van der Waals surface area (Å²) in [6.07, 6.45) is 8.37. The molecule has 0 fully saturated rings. The first-order valence-corrected chi connectivity index (χ1v) is 26.4. The van der Waals surface area contributed by atoms with Crippen molar-refractivity contribution in [2.75, 3.05) is 14.7 Å². The molecule has 1 unspecified atom stereocenters. The number of anilines is 8. The Kier molecular flexibility index (Phi) is 13.4. The van der Waals surface area contributed by atoms with E-state index in [1.54, 1.807) is 0 Å². The van der Waals surface area contributed by atoms with Crippen molar-refractivity contribution in [3.63, 3.8) is 0 Å². The first-order chi connectivity index (χ1) is 32.9. The lowest BCUT2D eigenvalue weighted by atomic mass is 9.39. The van der Waals surface area contributed by atoms with Gasteiger partial charge in [0.1, 0.15) is 0 Å². The third kappa shape index (κ3) is 10.6. The maximum absolute atomic E-state index is 2.60. The van der Waals surface area contributed by atoms with Gasteiger partial charge in [0.15, 0.2) is 0 Å². The Morgan fingerprint density at radius 3 is 1.15 bits per heavy atom. The van der Waals surface area contributed by atoms with E-state index in [4.69, 9.17) is 0 Å². The Balaban J connectivity index is 1.50. The van der Waals surface area contributed by atoms with Gasteiger partial charge in [-0.25, -0.2) is 0 Å². The lowest BCUT2D eigenvalue weighted by Gasteiger charge is -2.42. The second-order valence-corrected chi connectivity index (χ2v) is 27.0. The summed E-state index contributed by atoms with van der Waals surface area (Å²) in [6, 6.07) is 49.7. The summed E-state index contributed by atoms with van der Waals surface area (Å²) < 4.78 is 0. The van der Waals surface area contributed by atoms with Gasteiger partial charge in [0.2, 0.25) is 6.71 Å². The molecule has 0 spiro atoms. The largest absolute Gasteiger partial charge is 0.312 e. The van der Waals surface area contributed by atoms with Crippen LogP contribution in [0.15, 0.2) is 151 Å². The highest BCUT2D eigenvalue weighted by molar-refractivity contribution is 6.88. The highest BCUT2D eigenvalue weighted by atomic mass is 15.2. The van der Waals surface area contributed by atoms with E-state index in [1.807, 2.05) is 0 Å². The topological polar surface area (TPSA) is 9.72 Å². The molecule has 370 valence electrons. The molecule has 1 atom stereocenters. The zero-order chi connectivity index (χ0) is 51.8. The molecule has 1 aliphatic carbocycles. The Morgan fingerprint density at radius 1 is 0.423 bits per heavy atom. The molecular formula is C67H84BN3. The van der Waals surface area contributed by atoms with E-state index in [9.17, 15) is 0 Å². The minimum atomic E-state index is -0.0162. The number of allylic oxidation sites excluding steroid dienone is 3. The number of hydrogen-bond acceptors (Lipinski definition) is 3. The van der Waals surface area contributed by atoms with Crippen molar-refractivity contribution in [2.24, 2.45) is 11.3 Å². The molecular weight excluding hydrogens is 858 g/mol. The molecule has 0 N–H and O–H groups in total. The maximum Gasteiger partial charge on any atom is 0.214 e. The molecule has 2 aliphatic rings. The molecule has 0 bridgehead atoms. The Morgan fingerprint density at radius 2 is 0.803 bits per heavy atom. The van der Waals surface area contributed by atoms with Crippen molar-refractivity contribution in [3.05, 3.63) is 179 Å². The van der Waals surface area contributed by atoms with Crippen LogP contribution < -0.4 is 25.6 Å². The fourth-order valence-electron chi connectivity index (χ4n) is 10.4. The molecule has 3 nitrogen and oxygen atoms in total. The molecule has 71 heavy (non-hydrogen) atoms. The Labute approximate surface area is 431 Å². The van der Waals surface area contributed by atoms with Gasteiger partial charge in [-0.3, -0.25) is 0 Å². The molecule has 0 saturated heterocycles. The number of hydrogen-bond donors (Lipinski definition) is 0. The third-order valence-electron chi connectivity index (χ3n) is 15.3. The lowest BCUT2D eigenvalue weighted by molar-refractivity contribution is 0.293. The predicted molar refractivity (Wildman–Crippen MR) is 314 cm³/mol. The zero-order valence-electron chi connectivity index (χ0n) is 47.1. The van der Waals surface area contributed by atoms with Crippen LogP contribution in [0.4, 0.5) is 45.5 Å². The molecule has 0 radical (unpaired) electrons. The van der Waals surface area contributed by atoms with Crippen LogP contribution in [-0.2, 0) is 27.1 Å². The first kappa shape index (κ1) is 51.6. The van der Waals surface area contributed by atoms with Crippen LogP contribution in [-0.4, -0.2) is 6.71 Å². The summed E-state index contributed by atoms with van der Waals surface area (Å²) >= 11 is 0. The van der Waals surface area contributed by atoms with Crippen molar-refractivity contribution in [2.45, 2.75) is 165 Å². The van der Waals surface area contributed by atoms with E-state index < -0.39 is 0 Å². The van der Waals surface area contributed by atoms with E-state index in [2.05, 4.69) is 292 Å². The molecule has 0 saturated carbocycles. The Bertz CT molecular complexity index is 2810. The standard InChI is InChI=1S/C67H84BN3/c1-62(2,3)45-20-31-51(32-21-45)69(52-33-22-46(23-34-52)63(4,5)6)56-43-59(70(53-35-24-47(25-36-53)64(7,8)9)54-37-26-48(27-38-54)65(10,11)12)61-60(44-56)71(55-39-28-49(29-40-55)66(13,14)15)58-41-30-50(67(16,17)18)42-57(58)68(61)19/h20-28,30-44,49H,29H2,1-19H3. The van der Waals surface area contributed by atoms with Gasteiger partial charge in [0, 0.05) is 45.5 Å². The number of rotatable bonds is 7. The van der Waals surface area contributed by atoms with Crippen molar-refractivity contribution >= 4 is 63.1 Å². The first-order valence-electron chi connectivity index (χ1n) is 26.4.